The molecule has 2 aromatic rings. The Labute approximate surface area is 76.7 Å². The second kappa shape index (κ2) is 2.52. The van der Waals surface area contributed by atoms with Crippen LogP contribution in [0.25, 0.3) is 5.78 Å². The van der Waals surface area contributed by atoms with Gasteiger partial charge >= 0.3 is 0 Å². The number of rotatable bonds is 0. The van der Waals surface area contributed by atoms with Crippen molar-refractivity contribution in [3.63, 3.8) is 0 Å². The first-order chi connectivity index (χ1) is 6.09. The highest BCUT2D eigenvalue weighted by Gasteiger charge is 2.08. The Hall–Kier alpha value is -1.45. The number of hydrogen-bond donors (Lipinski definition) is 0. The molecule has 0 aliphatic heterocycles. The minimum Gasteiger partial charge on any atom is -0.269 e. The minimum absolute atomic E-state index is 0.750. The van der Waals surface area contributed by atoms with Crippen LogP contribution in [-0.2, 0) is 0 Å². The van der Waals surface area contributed by atoms with Gasteiger partial charge in [0.05, 0.1) is 5.69 Å². The Bertz CT molecular complexity index is 470. The molecule has 0 aliphatic carbocycles. The largest absolute Gasteiger partial charge is 0.269 e. The predicted octanol–water partition coefficient (Wildman–Crippen LogP) is 1.36. The lowest BCUT2D eigenvalue weighted by Gasteiger charge is -2.00. The average molecular weight is 176 g/mol. The van der Waals surface area contributed by atoms with Crippen LogP contribution < -0.4 is 0 Å². The molecule has 13 heavy (non-hydrogen) atoms. The smallest absolute Gasteiger partial charge is 0.237 e. The van der Waals surface area contributed by atoms with Crippen LogP contribution in [0.1, 0.15) is 23.0 Å². The van der Waals surface area contributed by atoms with E-state index in [-0.39, 0.29) is 0 Å². The van der Waals surface area contributed by atoms with E-state index in [1.54, 1.807) is 0 Å². The highest BCUT2D eigenvalue weighted by atomic mass is 15.2. The van der Waals surface area contributed by atoms with Crippen LogP contribution in [0.4, 0.5) is 0 Å². The quantitative estimate of drug-likeness (QED) is 0.608. The van der Waals surface area contributed by atoms with Crippen LogP contribution in [0.3, 0.4) is 0 Å². The van der Waals surface area contributed by atoms with Crippen molar-refractivity contribution in [2.75, 3.05) is 0 Å². The SMILES string of the molecule is Cc1nc(C)n2c(C)c(C)nc2n1. The highest BCUT2D eigenvalue weighted by molar-refractivity contribution is 5.35. The van der Waals surface area contributed by atoms with Crippen LogP contribution in [0.5, 0.6) is 0 Å². The molecule has 2 aromatic heterocycles. The Morgan fingerprint density at radius 3 is 2.31 bits per heavy atom. The molecule has 0 bridgehead atoms. The molecule has 0 radical (unpaired) electrons. The molecule has 2 rings (SSSR count). The lowest BCUT2D eigenvalue weighted by Crippen LogP contribution is -2.01. The first kappa shape index (κ1) is 8.16. The fourth-order valence-electron chi connectivity index (χ4n) is 1.51. The van der Waals surface area contributed by atoms with Gasteiger partial charge in [-0.05, 0) is 27.7 Å². The zero-order valence-corrected chi connectivity index (χ0v) is 8.29. The maximum absolute atomic E-state index is 4.35. The first-order valence-electron chi connectivity index (χ1n) is 4.26. The van der Waals surface area contributed by atoms with Crippen molar-refractivity contribution >= 4 is 5.78 Å². The summed E-state index contributed by atoms with van der Waals surface area (Å²) in [4.78, 5) is 12.9. The van der Waals surface area contributed by atoms with Gasteiger partial charge in [0.2, 0.25) is 5.78 Å². The summed E-state index contributed by atoms with van der Waals surface area (Å²) in [6.45, 7) is 7.86. The number of nitrogens with zero attached hydrogens (tertiary/aromatic N) is 4. The van der Waals surface area contributed by atoms with E-state index in [4.69, 9.17) is 0 Å². The standard InChI is InChI=1S/C9H12N4/c1-5-6(2)13-8(4)11-7(3)12-9(13)10-5/h1-4H3. The molecule has 0 aromatic carbocycles. The summed E-state index contributed by atoms with van der Waals surface area (Å²) in [7, 11) is 0. The van der Waals surface area contributed by atoms with Crippen molar-refractivity contribution in [1.29, 1.82) is 0 Å². The number of hydrogen-bond acceptors (Lipinski definition) is 3. The second-order valence-corrected chi connectivity index (χ2v) is 3.24. The maximum atomic E-state index is 4.35. The average Bonchev–Trinajstić information content (AvgIpc) is 2.27. The molecule has 0 aliphatic rings. The fraction of sp³-hybridized carbons (Fsp3) is 0.444. The van der Waals surface area contributed by atoms with Crippen LogP contribution in [0, 0.1) is 27.7 Å². The third-order valence-electron chi connectivity index (χ3n) is 2.24. The molecule has 0 amide bonds. The van der Waals surface area contributed by atoms with Crippen molar-refractivity contribution < 1.29 is 0 Å². The van der Waals surface area contributed by atoms with Gasteiger partial charge in [-0.3, -0.25) is 4.40 Å². The summed E-state index contributed by atoms with van der Waals surface area (Å²) in [6.07, 6.45) is 0. The van der Waals surface area contributed by atoms with Gasteiger partial charge in [0.1, 0.15) is 11.6 Å². The number of aromatic nitrogens is 4. The van der Waals surface area contributed by atoms with Gasteiger partial charge in [0, 0.05) is 5.69 Å². The number of aryl methyl sites for hydroxylation is 4. The third-order valence-corrected chi connectivity index (χ3v) is 2.24. The third kappa shape index (κ3) is 1.09. The summed E-state index contributed by atoms with van der Waals surface area (Å²) in [5.74, 6) is 2.47. The molecule has 0 saturated heterocycles. The van der Waals surface area contributed by atoms with Crippen LogP contribution in [0.2, 0.25) is 0 Å². The fourth-order valence-corrected chi connectivity index (χ4v) is 1.51. The number of imidazole rings is 1. The Balaban J connectivity index is 2.94. The van der Waals surface area contributed by atoms with E-state index in [1.165, 1.54) is 0 Å². The van der Waals surface area contributed by atoms with Crippen molar-refractivity contribution in [2.24, 2.45) is 0 Å². The van der Waals surface area contributed by atoms with E-state index in [2.05, 4.69) is 15.0 Å². The minimum atomic E-state index is 0.750. The molecule has 0 unspecified atom stereocenters. The molecular formula is C9H12N4. The molecule has 0 fully saturated rings. The molecular weight excluding hydrogens is 164 g/mol. The normalized spacial score (nSPS) is 11.1. The Morgan fingerprint density at radius 2 is 1.62 bits per heavy atom. The van der Waals surface area contributed by atoms with Gasteiger partial charge in [0.25, 0.3) is 0 Å². The van der Waals surface area contributed by atoms with Crippen molar-refractivity contribution in [1.82, 2.24) is 19.4 Å². The van der Waals surface area contributed by atoms with E-state index in [1.807, 2.05) is 32.1 Å². The molecule has 0 N–H and O–H groups in total. The monoisotopic (exact) mass is 176 g/mol. The summed E-state index contributed by atoms with van der Waals surface area (Å²) in [5.41, 5.74) is 2.13. The zero-order valence-electron chi connectivity index (χ0n) is 8.29. The van der Waals surface area contributed by atoms with Gasteiger partial charge in [0.15, 0.2) is 0 Å². The van der Waals surface area contributed by atoms with E-state index < -0.39 is 0 Å². The molecule has 0 atom stereocenters. The van der Waals surface area contributed by atoms with E-state index in [0.29, 0.717) is 0 Å². The Morgan fingerprint density at radius 1 is 0.923 bits per heavy atom. The van der Waals surface area contributed by atoms with Gasteiger partial charge in [-0.2, -0.15) is 4.98 Å². The van der Waals surface area contributed by atoms with Crippen LogP contribution in [0.15, 0.2) is 0 Å². The zero-order chi connectivity index (χ0) is 9.59. The van der Waals surface area contributed by atoms with Crippen molar-refractivity contribution in [3.8, 4) is 0 Å². The van der Waals surface area contributed by atoms with E-state index in [0.717, 1.165) is 28.8 Å². The lowest BCUT2D eigenvalue weighted by atomic mass is 10.4. The van der Waals surface area contributed by atoms with Gasteiger partial charge in [-0.1, -0.05) is 0 Å². The lowest BCUT2D eigenvalue weighted by molar-refractivity contribution is 0.878. The summed E-state index contributed by atoms with van der Waals surface area (Å²) in [6, 6.07) is 0. The summed E-state index contributed by atoms with van der Waals surface area (Å²) >= 11 is 0. The summed E-state index contributed by atoms with van der Waals surface area (Å²) in [5, 5.41) is 0. The molecule has 4 nitrogen and oxygen atoms in total. The van der Waals surface area contributed by atoms with Gasteiger partial charge in [-0.25, -0.2) is 9.97 Å². The maximum Gasteiger partial charge on any atom is 0.237 e. The highest BCUT2D eigenvalue weighted by Crippen LogP contribution is 2.10. The molecule has 4 heteroatoms. The Kier molecular flexibility index (Phi) is 1.58. The molecule has 0 saturated carbocycles. The first-order valence-corrected chi connectivity index (χ1v) is 4.26. The topological polar surface area (TPSA) is 43.1 Å². The molecule has 68 valence electrons. The van der Waals surface area contributed by atoms with Crippen molar-refractivity contribution in [2.45, 2.75) is 27.7 Å². The molecule has 2 heterocycles. The van der Waals surface area contributed by atoms with E-state index >= 15 is 0 Å². The molecule has 0 spiro atoms. The predicted molar refractivity (Wildman–Crippen MR) is 49.7 cm³/mol. The number of fused-ring (bicyclic) bond motifs is 1. The van der Waals surface area contributed by atoms with E-state index in [9.17, 15) is 0 Å². The second-order valence-electron chi connectivity index (χ2n) is 3.24. The summed E-state index contributed by atoms with van der Waals surface area (Å²) < 4.78 is 1.97. The van der Waals surface area contributed by atoms with Gasteiger partial charge < -0.3 is 0 Å². The van der Waals surface area contributed by atoms with Crippen molar-refractivity contribution in [3.05, 3.63) is 23.0 Å². The van der Waals surface area contributed by atoms with Gasteiger partial charge in [-0.15, -0.1) is 0 Å². The van der Waals surface area contributed by atoms with Crippen LogP contribution in [-0.4, -0.2) is 19.4 Å². The van der Waals surface area contributed by atoms with Crippen LogP contribution >= 0.6 is 0 Å².